The maximum atomic E-state index is 13.3. The molecular weight excluding hydrogens is 460 g/mol. The normalized spacial score (nSPS) is 24.9. The van der Waals surface area contributed by atoms with Crippen molar-refractivity contribution in [2.24, 2.45) is 0 Å². The van der Waals surface area contributed by atoms with E-state index < -0.39 is 88.4 Å². The molecule has 182 valence electrons. The second-order valence-corrected chi connectivity index (χ2v) is 7.61. The van der Waals surface area contributed by atoms with Gasteiger partial charge in [0.15, 0.2) is 23.0 Å². The minimum atomic E-state index is -1.91. The van der Waals surface area contributed by atoms with Crippen LogP contribution in [0.5, 0.6) is 34.5 Å². The van der Waals surface area contributed by atoms with Crippen LogP contribution in [0.4, 0.5) is 0 Å². The van der Waals surface area contributed by atoms with Gasteiger partial charge >= 0.3 is 0 Å². The van der Waals surface area contributed by atoms with Crippen LogP contribution >= 0.6 is 0 Å². The molecule has 4 rings (SSSR count). The number of aliphatic hydroxyl groups is 4. The fourth-order valence-corrected chi connectivity index (χ4v) is 3.58. The van der Waals surface area contributed by atoms with Crippen LogP contribution in [-0.2, 0) is 4.74 Å². The number of benzene rings is 2. The van der Waals surface area contributed by atoms with Gasteiger partial charge in [0.25, 0.3) is 0 Å². The second-order valence-electron chi connectivity index (χ2n) is 7.61. The van der Waals surface area contributed by atoms with Crippen LogP contribution in [0.2, 0.25) is 0 Å². The Hall–Kier alpha value is -3.75. The first-order valence-electron chi connectivity index (χ1n) is 9.78. The van der Waals surface area contributed by atoms with Crippen molar-refractivity contribution < 1.29 is 59.8 Å². The molecule has 1 aliphatic heterocycles. The summed E-state index contributed by atoms with van der Waals surface area (Å²) in [5.41, 5.74) is -1.59. The number of hydrogen-bond donors (Lipinski definition) is 9. The van der Waals surface area contributed by atoms with Crippen molar-refractivity contribution in [3.05, 3.63) is 34.5 Å². The van der Waals surface area contributed by atoms with Gasteiger partial charge in [-0.1, -0.05) is 0 Å². The molecule has 9 N–H and O–H groups in total. The Kier molecular flexibility index (Phi) is 5.89. The van der Waals surface area contributed by atoms with Crippen LogP contribution in [-0.4, -0.2) is 83.3 Å². The van der Waals surface area contributed by atoms with Crippen LogP contribution in [0.1, 0.15) is 0 Å². The fourth-order valence-electron chi connectivity index (χ4n) is 3.58. The van der Waals surface area contributed by atoms with Gasteiger partial charge < -0.3 is 59.8 Å². The van der Waals surface area contributed by atoms with E-state index >= 15 is 0 Å². The third kappa shape index (κ3) is 3.81. The molecule has 0 amide bonds. The van der Waals surface area contributed by atoms with Crippen molar-refractivity contribution in [1.29, 1.82) is 0 Å². The van der Waals surface area contributed by atoms with Crippen LogP contribution in [0.25, 0.3) is 22.3 Å². The van der Waals surface area contributed by atoms with Crippen molar-refractivity contribution >= 4 is 11.0 Å². The maximum Gasteiger partial charge on any atom is 0.239 e. The smallest absolute Gasteiger partial charge is 0.239 e. The van der Waals surface area contributed by atoms with Crippen LogP contribution in [0.15, 0.2) is 33.5 Å². The van der Waals surface area contributed by atoms with E-state index in [1.54, 1.807) is 0 Å². The first-order chi connectivity index (χ1) is 16.0. The summed E-state index contributed by atoms with van der Waals surface area (Å²) in [6, 6.07) is 3.66. The Morgan fingerprint density at radius 1 is 0.853 bits per heavy atom. The Bertz CT molecular complexity index is 1280. The number of phenols is 5. The predicted molar refractivity (Wildman–Crippen MR) is 111 cm³/mol. The van der Waals surface area contributed by atoms with Crippen LogP contribution in [0.3, 0.4) is 0 Å². The van der Waals surface area contributed by atoms with E-state index in [1.165, 1.54) is 0 Å². The molecule has 13 nitrogen and oxygen atoms in total. The minimum absolute atomic E-state index is 0.214. The van der Waals surface area contributed by atoms with Crippen LogP contribution < -0.4 is 10.2 Å². The lowest BCUT2D eigenvalue weighted by Crippen LogP contribution is -2.60. The summed E-state index contributed by atoms with van der Waals surface area (Å²) in [7, 11) is 0. The van der Waals surface area contributed by atoms with E-state index in [-0.39, 0.29) is 11.1 Å². The molecule has 13 heteroatoms. The van der Waals surface area contributed by atoms with Gasteiger partial charge in [-0.05, 0) is 12.1 Å². The van der Waals surface area contributed by atoms with Gasteiger partial charge in [0.2, 0.25) is 17.5 Å². The summed E-state index contributed by atoms with van der Waals surface area (Å²) in [6.45, 7) is -0.774. The number of phenolic OH excluding ortho intramolecular Hbond substituents is 5. The van der Waals surface area contributed by atoms with Crippen molar-refractivity contribution in [3.8, 4) is 45.8 Å². The zero-order chi connectivity index (χ0) is 24.9. The zero-order valence-electron chi connectivity index (χ0n) is 17.1. The molecule has 4 unspecified atom stereocenters. The number of aliphatic hydroxyl groups excluding tert-OH is 4. The van der Waals surface area contributed by atoms with Gasteiger partial charge in [0.1, 0.15) is 46.9 Å². The molecule has 2 aromatic carbocycles. The Balaban J connectivity index is 1.94. The summed E-state index contributed by atoms with van der Waals surface area (Å²) >= 11 is 0. The lowest BCUT2D eigenvalue weighted by Gasteiger charge is -2.39. The quantitative estimate of drug-likeness (QED) is 0.208. The highest BCUT2D eigenvalue weighted by molar-refractivity contribution is 5.88. The first-order valence-corrected chi connectivity index (χ1v) is 9.78. The van der Waals surface area contributed by atoms with E-state index in [1.807, 2.05) is 0 Å². The Morgan fingerprint density at radius 3 is 2.12 bits per heavy atom. The molecule has 0 spiro atoms. The number of aromatic hydroxyl groups is 5. The van der Waals surface area contributed by atoms with Gasteiger partial charge in [0, 0.05) is 17.7 Å². The molecule has 1 aromatic heterocycles. The molecule has 1 saturated heterocycles. The van der Waals surface area contributed by atoms with E-state index in [0.717, 1.165) is 24.3 Å². The molecule has 0 aliphatic carbocycles. The topological polar surface area (TPSA) is 231 Å². The monoisotopic (exact) mass is 480 g/mol. The summed E-state index contributed by atoms with van der Waals surface area (Å²) in [5, 5.41) is 88.6. The SMILES string of the molecule is O=c1c(OC2OC(CO)C(O)C(O)[C@H]2O)c(-c2cc(O)c(O)c(O)c2)oc2cc(O)cc(O)c12. The minimum Gasteiger partial charge on any atom is -0.508 e. The molecular formula is C21H20O13. The molecule has 34 heavy (non-hydrogen) atoms. The van der Waals surface area contributed by atoms with E-state index in [4.69, 9.17) is 13.9 Å². The summed E-state index contributed by atoms with van der Waals surface area (Å²) in [6.07, 6.45) is -8.64. The molecule has 0 bridgehead atoms. The summed E-state index contributed by atoms with van der Waals surface area (Å²) in [4.78, 5) is 13.3. The lowest BCUT2D eigenvalue weighted by atomic mass is 9.99. The molecule has 5 atom stereocenters. The van der Waals surface area contributed by atoms with Crippen LogP contribution in [0, 0.1) is 0 Å². The van der Waals surface area contributed by atoms with Crippen molar-refractivity contribution in [3.63, 3.8) is 0 Å². The zero-order valence-corrected chi connectivity index (χ0v) is 17.1. The molecule has 1 aliphatic rings. The van der Waals surface area contributed by atoms with Gasteiger partial charge in [0.05, 0.1) is 6.61 Å². The third-order valence-corrected chi connectivity index (χ3v) is 5.33. The van der Waals surface area contributed by atoms with E-state index in [2.05, 4.69) is 0 Å². The predicted octanol–water partition coefficient (Wildman–Crippen LogP) is -0.833. The molecule has 2 heterocycles. The number of hydrogen-bond acceptors (Lipinski definition) is 13. The van der Waals surface area contributed by atoms with Gasteiger partial charge in [-0.3, -0.25) is 4.79 Å². The van der Waals surface area contributed by atoms with Gasteiger partial charge in [-0.2, -0.15) is 0 Å². The highest BCUT2D eigenvalue weighted by Crippen LogP contribution is 2.43. The number of fused-ring (bicyclic) bond motifs is 1. The van der Waals surface area contributed by atoms with Gasteiger partial charge in [-0.15, -0.1) is 0 Å². The highest BCUT2D eigenvalue weighted by Gasteiger charge is 2.45. The highest BCUT2D eigenvalue weighted by atomic mass is 16.7. The Labute approximate surface area is 189 Å². The van der Waals surface area contributed by atoms with E-state index in [0.29, 0.717) is 0 Å². The molecule has 1 fully saturated rings. The first kappa shape index (κ1) is 23.4. The fraction of sp³-hybridized carbons (Fsp3) is 0.286. The number of ether oxygens (including phenoxy) is 2. The summed E-state index contributed by atoms with van der Waals surface area (Å²) in [5.74, 6) is -4.83. The third-order valence-electron chi connectivity index (χ3n) is 5.33. The molecule has 3 aromatic rings. The largest absolute Gasteiger partial charge is 0.508 e. The average Bonchev–Trinajstić information content (AvgIpc) is 2.78. The number of rotatable bonds is 4. The van der Waals surface area contributed by atoms with Crippen molar-refractivity contribution in [1.82, 2.24) is 0 Å². The molecule has 0 saturated carbocycles. The second kappa shape index (κ2) is 8.55. The maximum absolute atomic E-state index is 13.3. The van der Waals surface area contributed by atoms with Gasteiger partial charge in [-0.25, -0.2) is 0 Å². The van der Waals surface area contributed by atoms with Crippen molar-refractivity contribution in [2.45, 2.75) is 30.7 Å². The van der Waals surface area contributed by atoms with Crippen molar-refractivity contribution in [2.75, 3.05) is 6.61 Å². The standard InChI is InChI=1S/C21H20O13/c22-5-12-15(28)17(30)18(31)21(33-12)34-20-16(29)13-8(24)3-7(23)4-11(13)32-19(20)6-1-9(25)14(27)10(26)2-6/h1-4,12,15,17-18,21-28,30-31H,5H2/t12?,15?,17?,18-,21?/m1/s1. The average molecular weight is 480 g/mol. The Morgan fingerprint density at radius 2 is 1.50 bits per heavy atom. The summed E-state index contributed by atoms with van der Waals surface area (Å²) < 4.78 is 16.3. The van der Waals surface area contributed by atoms with E-state index in [9.17, 15) is 50.8 Å². The molecule has 0 radical (unpaired) electrons. The lowest BCUT2D eigenvalue weighted by molar-refractivity contribution is -0.277.